The van der Waals surface area contributed by atoms with E-state index in [1.54, 1.807) is 0 Å². The fraction of sp³-hybridized carbons (Fsp3) is 1.00. The molecule has 0 aliphatic rings. The second-order valence-corrected chi connectivity index (χ2v) is 14.1. The molecule has 0 aliphatic heterocycles. The highest BCUT2D eigenvalue weighted by Crippen LogP contribution is 2.13. The van der Waals surface area contributed by atoms with E-state index < -0.39 is 27.4 Å². The summed E-state index contributed by atoms with van der Waals surface area (Å²) in [7, 11) is -3.14. The van der Waals surface area contributed by atoms with Crippen LogP contribution >= 0.6 is 0 Å². The van der Waals surface area contributed by atoms with E-state index in [4.69, 9.17) is 8.23 Å². The highest BCUT2D eigenvalue weighted by Gasteiger charge is 2.21. The van der Waals surface area contributed by atoms with Gasteiger partial charge in [-0.25, -0.2) is 0 Å². The molecule has 0 amide bonds. The Bertz CT molecular complexity index is 148. The summed E-state index contributed by atoms with van der Waals surface area (Å²) in [5.74, 6) is 0. The molecule has 0 heterocycles. The molecular formula is C12H32O2Si3. The molecule has 0 bridgehead atoms. The van der Waals surface area contributed by atoms with Crippen LogP contribution in [0, 0.1) is 0 Å². The van der Waals surface area contributed by atoms with Gasteiger partial charge in [0.15, 0.2) is 18.1 Å². The summed E-state index contributed by atoms with van der Waals surface area (Å²) in [4.78, 5) is 0. The monoisotopic (exact) mass is 292 g/mol. The SMILES string of the molecule is CCCC[SiH](O[SiH](CC)CC)O[SiH](CC)CC. The van der Waals surface area contributed by atoms with E-state index in [0.29, 0.717) is 0 Å². The summed E-state index contributed by atoms with van der Waals surface area (Å²) in [6, 6.07) is 6.29. The Morgan fingerprint density at radius 1 is 0.706 bits per heavy atom. The maximum absolute atomic E-state index is 6.38. The van der Waals surface area contributed by atoms with E-state index in [1.165, 1.54) is 43.1 Å². The van der Waals surface area contributed by atoms with Gasteiger partial charge in [0.05, 0.1) is 0 Å². The minimum Gasteiger partial charge on any atom is -0.441 e. The summed E-state index contributed by atoms with van der Waals surface area (Å²) in [5.41, 5.74) is 0. The van der Waals surface area contributed by atoms with Crippen molar-refractivity contribution in [3.8, 4) is 0 Å². The van der Waals surface area contributed by atoms with E-state index in [-0.39, 0.29) is 0 Å². The van der Waals surface area contributed by atoms with Gasteiger partial charge in [0.2, 0.25) is 0 Å². The van der Waals surface area contributed by atoms with E-state index in [1.807, 2.05) is 0 Å². The van der Waals surface area contributed by atoms with Crippen molar-refractivity contribution in [3.63, 3.8) is 0 Å². The van der Waals surface area contributed by atoms with Crippen LogP contribution < -0.4 is 0 Å². The molecule has 0 aliphatic carbocycles. The summed E-state index contributed by atoms with van der Waals surface area (Å²) in [6.07, 6.45) is 2.56. The van der Waals surface area contributed by atoms with Gasteiger partial charge in [-0.1, -0.05) is 47.5 Å². The third kappa shape index (κ3) is 8.31. The molecule has 2 nitrogen and oxygen atoms in total. The van der Waals surface area contributed by atoms with Crippen LogP contribution in [0.4, 0.5) is 0 Å². The van der Waals surface area contributed by atoms with Crippen LogP contribution in [0.3, 0.4) is 0 Å². The van der Waals surface area contributed by atoms with Crippen LogP contribution in [0.5, 0.6) is 0 Å². The zero-order chi connectivity index (χ0) is 13.1. The third-order valence-corrected chi connectivity index (χ3v) is 13.3. The minimum absolute atomic E-state index is 0.915. The molecule has 0 aromatic carbocycles. The Hall–Kier alpha value is 0.571. The van der Waals surface area contributed by atoms with Gasteiger partial charge in [-0.3, -0.25) is 0 Å². The zero-order valence-electron chi connectivity index (χ0n) is 12.5. The number of hydrogen-bond donors (Lipinski definition) is 0. The van der Waals surface area contributed by atoms with Crippen molar-refractivity contribution < 1.29 is 8.23 Å². The molecule has 5 heteroatoms. The lowest BCUT2D eigenvalue weighted by Crippen LogP contribution is -2.35. The highest BCUT2D eigenvalue weighted by atomic mass is 28.4. The minimum atomic E-state index is -1.31. The van der Waals surface area contributed by atoms with Gasteiger partial charge >= 0.3 is 0 Å². The molecule has 0 saturated heterocycles. The number of hydrogen-bond acceptors (Lipinski definition) is 2. The first kappa shape index (κ1) is 17.6. The van der Waals surface area contributed by atoms with E-state index >= 15 is 0 Å². The molecule has 0 saturated carbocycles. The molecule has 0 N–H and O–H groups in total. The van der Waals surface area contributed by atoms with Gasteiger partial charge in [0, 0.05) is 0 Å². The molecule has 104 valence electrons. The fourth-order valence-corrected chi connectivity index (χ4v) is 12.3. The van der Waals surface area contributed by atoms with Gasteiger partial charge in [-0.2, -0.15) is 0 Å². The Labute approximate surface area is 113 Å². The molecule has 0 radical (unpaired) electrons. The number of unbranched alkanes of at least 4 members (excludes halogenated alkanes) is 1. The molecule has 17 heavy (non-hydrogen) atoms. The standard InChI is InChI=1S/C12H32O2Si3/c1-6-11-12-17(13-15(7-2)8-3)14-16(9-4)10-5/h15-17H,6-12H2,1-5H3. The van der Waals surface area contributed by atoms with Crippen LogP contribution in [-0.2, 0) is 8.23 Å². The predicted octanol–water partition coefficient (Wildman–Crippen LogP) is 3.57. The van der Waals surface area contributed by atoms with E-state index in [9.17, 15) is 0 Å². The molecule has 0 unspecified atom stereocenters. The fourth-order valence-electron chi connectivity index (χ4n) is 1.93. The molecule has 0 atom stereocenters. The van der Waals surface area contributed by atoms with Gasteiger partial charge in [0.25, 0.3) is 9.28 Å². The first-order valence-electron chi connectivity index (χ1n) is 7.52. The average molecular weight is 293 g/mol. The lowest BCUT2D eigenvalue weighted by molar-refractivity contribution is 0.423. The summed E-state index contributed by atoms with van der Waals surface area (Å²) in [5, 5.41) is 0. The van der Waals surface area contributed by atoms with E-state index in [2.05, 4.69) is 34.6 Å². The third-order valence-electron chi connectivity index (χ3n) is 3.30. The van der Waals surface area contributed by atoms with Crippen molar-refractivity contribution in [2.45, 2.75) is 77.7 Å². The van der Waals surface area contributed by atoms with Gasteiger partial charge in [0.1, 0.15) is 0 Å². The van der Waals surface area contributed by atoms with Crippen molar-refractivity contribution in [1.29, 1.82) is 0 Å². The lowest BCUT2D eigenvalue weighted by Gasteiger charge is -2.25. The van der Waals surface area contributed by atoms with Crippen LogP contribution in [0.25, 0.3) is 0 Å². The van der Waals surface area contributed by atoms with Gasteiger partial charge in [-0.05, 0) is 30.2 Å². The smallest absolute Gasteiger partial charge is 0.300 e. The molecule has 0 fully saturated rings. The second kappa shape index (κ2) is 11.6. The van der Waals surface area contributed by atoms with Crippen molar-refractivity contribution >= 4 is 27.4 Å². The normalized spacial score (nSPS) is 12.0. The number of rotatable bonds is 11. The summed E-state index contributed by atoms with van der Waals surface area (Å²) < 4.78 is 12.8. The van der Waals surface area contributed by atoms with Crippen molar-refractivity contribution in [2.24, 2.45) is 0 Å². The average Bonchev–Trinajstić information content (AvgIpc) is 2.38. The quantitative estimate of drug-likeness (QED) is 0.542. The Morgan fingerprint density at radius 2 is 1.12 bits per heavy atom. The van der Waals surface area contributed by atoms with Crippen LogP contribution in [-0.4, -0.2) is 27.4 Å². The van der Waals surface area contributed by atoms with Gasteiger partial charge in [-0.15, -0.1) is 0 Å². The van der Waals surface area contributed by atoms with Crippen molar-refractivity contribution in [1.82, 2.24) is 0 Å². The molecule has 0 aromatic rings. The van der Waals surface area contributed by atoms with Crippen LogP contribution in [0.2, 0.25) is 30.2 Å². The largest absolute Gasteiger partial charge is 0.441 e. The van der Waals surface area contributed by atoms with Gasteiger partial charge < -0.3 is 8.23 Å². The predicted molar refractivity (Wildman–Crippen MR) is 85.3 cm³/mol. The second-order valence-electron chi connectivity index (χ2n) is 4.72. The lowest BCUT2D eigenvalue weighted by atomic mass is 10.4. The first-order valence-corrected chi connectivity index (χ1v) is 13.5. The maximum atomic E-state index is 6.38. The molecule has 0 rings (SSSR count). The summed E-state index contributed by atoms with van der Waals surface area (Å²) in [6.45, 7) is 11.4. The molecular weight excluding hydrogens is 260 g/mol. The van der Waals surface area contributed by atoms with E-state index in [0.717, 1.165) is 0 Å². The topological polar surface area (TPSA) is 18.5 Å². The zero-order valence-corrected chi connectivity index (χ0v) is 16.0. The van der Waals surface area contributed by atoms with Crippen molar-refractivity contribution in [3.05, 3.63) is 0 Å². The Kier molecular flexibility index (Phi) is 12.0. The maximum Gasteiger partial charge on any atom is 0.300 e. The highest BCUT2D eigenvalue weighted by molar-refractivity contribution is 6.68. The van der Waals surface area contributed by atoms with Crippen LogP contribution in [0.15, 0.2) is 0 Å². The van der Waals surface area contributed by atoms with Crippen LogP contribution in [0.1, 0.15) is 47.5 Å². The first-order chi connectivity index (χ1) is 8.21. The van der Waals surface area contributed by atoms with Crippen molar-refractivity contribution in [2.75, 3.05) is 0 Å². The molecule has 0 spiro atoms. The Morgan fingerprint density at radius 3 is 1.41 bits per heavy atom. The molecule has 0 aromatic heterocycles. The summed E-state index contributed by atoms with van der Waals surface area (Å²) >= 11 is 0. The Balaban J connectivity index is 4.19.